The van der Waals surface area contributed by atoms with E-state index in [9.17, 15) is 19.2 Å². The van der Waals surface area contributed by atoms with Gasteiger partial charge < -0.3 is 19.3 Å². The monoisotopic (exact) mass is 316 g/mol. The minimum Gasteiger partial charge on any atom is -0.480 e. The Morgan fingerprint density at radius 3 is 1.82 bits per heavy atom. The maximum atomic E-state index is 12.0. The number of esters is 3. The maximum Gasteiger partial charge on any atom is 0.412 e. The van der Waals surface area contributed by atoms with Crippen LogP contribution in [0.3, 0.4) is 0 Å². The van der Waals surface area contributed by atoms with E-state index in [-0.39, 0.29) is 12.8 Å². The van der Waals surface area contributed by atoms with E-state index in [1.807, 2.05) is 0 Å². The van der Waals surface area contributed by atoms with Gasteiger partial charge in [-0.1, -0.05) is 26.0 Å². The number of carbonyl (C=O) groups excluding carboxylic acids is 3. The van der Waals surface area contributed by atoms with E-state index in [0.717, 1.165) is 13.0 Å². The molecule has 0 spiro atoms. The van der Waals surface area contributed by atoms with Gasteiger partial charge in [-0.25, -0.2) is 0 Å². The van der Waals surface area contributed by atoms with Gasteiger partial charge >= 0.3 is 30.4 Å². The molecule has 0 aromatic heterocycles. The first-order valence-corrected chi connectivity index (χ1v) is 6.68. The molecule has 0 aromatic carbocycles. The molecule has 0 amide bonds. The smallest absolute Gasteiger partial charge is 0.412 e. The molecule has 0 saturated heterocycles. The van der Waals surface area contributed by atoms with Crippen LogP contribution in [0, 0.1) is 5.41 Å². The number of hydrogen-bond acceptors (Lipinski definition) is 7. The Morgan fingerprint density at radius 1 is 1.05 bits per heavy atom. The predicted molar refractivity (Wildman–Crippen MR) is 73.2 cm³/mol. The van der Waals surface area contributed by atoms with Crippen molar-refractivity contribution in [1.29, 1.82) is 0 Å². The van der Waals surface area contributed by atoms with Crippen molar-refractivity contribution in [2.24, 2.45) is 5.41 Å². The quantitative estimate of drug-likeness (QED) is 0.309. The Bertz CT molecular complexity index is 449. The van der Waals surface area contributed by atoms with Crippen LogP contribution in [0.4, 0.5) is 0 Å². The molecule has 1 atom stereocenters. The van der Waals surface area contributed by atoms with Crippen molar-refractivity contribution in [2.45, 2.75) is 47.0 Å². The lowest BCUT2D eigenvalue weighted by atomic mass is 9.90. The first kappa shape index (κ1) is 19.6. The van der Waals surface area contributed by atoms with Crippen molar-refractivity contribution in [2.75, 3.05) is 0 Å². The summed E-state index contributed by atoms with van der Waals surface area (Å²) in [6.45, 7) is 3.70. The summed E-state index contributed by atoms with van der Waals surface area (Å²) in [6, 6.07) is 0. The molecule has 22 heavy (non-hydrogen) atoms. The molecule has 0 heterocycles. The zero-order chi connectivity index (χ0) is 17.3. The molecule has 0 rings (SSSR count). The number of aliphatic carboxylic acids is 1. The fourth-order valence-electron chi connectivity index (χ4n) is 1.22. The second-order valence-electron chi connectivity index (χ2n) is 4.39. The zero-order valence-corrected chi connectivity index (χ0v) is 13.0. The van der Waals surface area contributed by atoms with Crippen LogP contribution >= 0.6 is 0 Å². The maximum absolute atomic E-state index is 12.0. The van der Waals surface area contributed by atoms with Crippen LogP contribution < -0.4 is 0 Å². The van der Waals surface area contributed by atoms with Crippen molar-refractivity contribution in [3.63, 3.8) is 0 Å². The Kier molecular flexibility index (Phi) is 7.85. The SMILES string of the molecule is CC=CC(C)(C(=O)O)C(=O)OC(OC(=O)CC)OC(=O)CC. The van der Waals surface area contributed by atoms with Gasteiger partial charge in [0.25, 0.3) is 0 Å². The molecule has 124 valence electrons. The third-order valence-electron chi connectivity index (χ3n) is 2.60. The summed E-state index contributed by atoms with van der Waals surface area (Å²) in [7, 11) is 0. The molecule has 0 fully saturated rings. The molecule has 0 aliphatic heterocycles. The van der Waals surface area contributed by atoms with Gasteiger partial charge in [0.2, 0.25) is 0 Å². The molecule has 0 radical (unpaired) electrons. The summed E-state index contributed by atoms with van der Waals surface area (Å²) in [5.74, 6) is -4.23. The summed E-state index contributed by atoms with van der Waals surface area (Å²) in [6.07, 6.45) is 2.39. The van der Waals surface area contributed by atoms with E-state index in [0.29, 0.717) is 0 Å². The normalized spacial score (nSPS) is 13.5. The molecule has 8 heteroatoms. The minimum absolute atomic E-state index is 0.0389. The second kappa shape index (κ2) is 8.81. The highest BCUT2D eigenvalue weighted by Crippen LogP contribution is 2.22. The van der Waals surface area contributed by atoms with E-state index >= 15 is 0 Å². The van der Waals surface area contributed by atoms with E-state index in [2.05, 4.69) is 9.47 Å². The molecule has 0 aromatic rings. The average molecular weight is 316 g/mol. The van der Waals surface area contributed by atoms with Crippen LogP contribution in [0.1, 0.15) is 40.5 Å². The Labute approximate surface area is 128 Å². The zero-order valence-electron chi connectivity index (χ0n) is 13.0. The summed E-state index contributed by atoms with van der Waals surface area (Å²) < 4.78 is 14.0. The molecule has 1 N–H and O–H groups in total. The Balaban J connectivity index is 5.18. The molecule has 0 bridgehead atoms. The van der Waals surface area contributed by atoms with Crippen molar-refractivity contribution >= 4 is 23.9 Å². The fraction of sp³-hybridized carbons (Fsp3) is 0.571. The number of rotatable bonds is 8. The number of ether oxygens (including phenoxy) is 3. The van der Waals surface area contributed by atoms with Gasteiger partial charge in [-0.3, -0.25) is 19.2 Å². The highest BCUT2D eigenvalue weighted by Gasteiger charge is 2.42. The van der Waals surface area contributed by atoms with Crippen molar-refractivity contribution < 1.29 is 38.5 Å². The standard InChI is InChI=1S/C14H20O8/c1-5-8-14(4,11(17)18)12(19)22-13(20-9(15)6-2)21-10(16)7-3/h5,8,13H,6-7H2,1-4H3,(H,17,18). The van der Waals surface area contributed by atoms with Gasteiger partial charge in [-0.15, -0.1) is 0 Å². The van der Waals surface area contributed by atoms with Crippen LogP contribution in [0.15, 0.2) is 12.2 Å². The molecule has 1 unspecified atom stereocenters. The summed E-state index contributed by atoms with van der Waals surface area (Å²) in [5, 5.41) is 9.14. The molecule has 0 saturated carbocycles. The van der Waals surface area contributed by atoms with Crippen LogP contribution in [0.2, 0.25) is 0 Å². The minimum atomic E-state index is -2.00. The molecule has 8 nitrogen and oxygen atoms in total. The third-order valence-corrected chi connectivity index (χ3v) is 2.60. The lowest BCUT2D eigenvalue weighted by molar-refractivity contribution is -0.260. The molecule has 0 aliphatic carbocycles. The fourth-order valence-corrected chi connectivity index (χ4v) is 1.22. The molecular weight excluding hydrogens is 296 g/mol. The highest BCUT2D eigenvalue weighted by molar-refractivity contribution is 6.01. The molecular formula is C14H20O8. The van der Waals surface area contributed by atoms with Gasteiger partial charge in [0.05, 0.1) is 0 Å². The first-order valence-electron chi connectivity index (χ1n) is 6.68. The van der Waals surface area contributed by atoms with Crippen LogP contribution in [-0.2, 0) is 33.4 Å². The summed E-state index contributed by atoms with van der Waals surface area (Å²) in [5.41, 5.74) is -2.00. The van der Waals surface area contributed by atoms with E-state index in [4.69, 9.17) is 9.84 Å². The van der Waals surface area contributed by atoms with E-state index in [1.54, 1.807) is 0 Å². The number of carboxylic acids is 1. The first-order chi connectivity index (χ1) is 10.2. The van der Waals surface area contributed by atoms with Crippen LogP contribution in [0.25, 0.3) is 0 Å². The van der Waals surface area contributed by atoms with Gasteiger partial charge in [0.1, 0.15) is 0 Å². The van der Waals surface area contributed by atoms with Crippen LogP contribution in [-0.4, -0.2) is 35.5 Å². The average Bonchev–Trinajstić information content (AvgIpc) is 2.46. The van der Waals surface area contributed by atoms with E-state index in [1.165, 1.54) is 26.8 Å². The summed E-state index contributed by atoms with van der Waals surface area (Å²) in [4.78, 5) is 45.7. The third kappa shape index (κ3) is 5.55. The van der Waals surface area contributed by atoms with Crippen molar-refractivity contribution in [1.82, 2.24) is 0 Å². The van der Waals surface area contributed by atoms with Gasteiger partial charge in [0, 0.05) is 12.8 Å². The number of hydrogen-bond donors (Lipinski definition) is 1. The predicted octanol–water partition coefficient (Wildman–Crippen LogP) is 1.39. The van der Waals surface area contributed by atoms with E-state index < -0.39 is 35.8 Å². The highest BCUT2D eigenvalue weighted by atomic mass is 16.9. The lowest BCUT2D eigenvalue weighted by Crippen LogP contribution is -2.40. The van der Waals surface area contributed by atoms with Crippen molar-refractivity contribution in [3.8, 4) is 0 Å². The topological polar surface area (TPSA) is 116 Å². The Hall–Kier alpha value is -2.38. The van der Waals surface area contributed by atoms with Crippen LogP contribution in [0.5, 0.6) is 0 Å². The Morgan fingerprint density at radius 2 is 1.50 bits per heavy atom. The lowest BCUT2D eigenvalue weighted by Gasteiger charge is -2.23. The number of carbonyl (C=O) groups is 4. The molecule has 0 aliphatic rings. The summed E-state index contributed by atoms with van der Waals surface area (Å²) >= 11 is 0. The number of allylic oxidation sites excluding steroid dienone is 1. The largest absolute Gasteiger partial charge is 0.480 e. The van der Waals surface area contributed by atoms with Gasteiger partial charge in [0.15, 0.2) is 5.41 Å². The van der Waals surface area contributed by atoms with Gasteiger partial charge in [-0.05, 0) is 13.8 Å². The van der Waals surface area contributed by atoms with Gasteiger partial charge in [-0.2, -0.15) is 0 Å². The van der Waals surface area contributed by atoms with Crippen molar-refractivity contribution in [3.05, 3.63) is 12.2 Å². The second-order valence-corrected chi connectivity index (χ2v) is 4.39. The number of carboxylic acid groups (broad SMARTS) is 1.